The van der Waals surface area contributed by atoms with E-state index in [1.54, 1.807) is 6.07 Å². The van der Waals surface area contributed by atoms with Gasteiger partial charge in [-0.1, -0.05) is 11.8 Å². The number of furan rings is 1. The number of hydrogen-bond acceptors (Lipinski definition) is 4. The topological polar surface area (TPSA) is 54.3 Å². The molecular formula is C12H18N2O2S. The van der Waals surface area contributed by atoms with Crippen molar-refractivity contribution in [2.24, 2.45) is 5.92 Å². The van der Waals surface area contributed by atoms with E-state index in [0.717, 1.165) is 24.7 Å². The van der Waals surface area contributed by atoms with Crippen molar-refractivity contribution in [1.29, 1.82) is 0 Å². The van der Waals surface area contributed by atoms with Crippen LogP contribution in [0.3, 0.4) is 0 Å². The van der Waals surface area contributed by atoms with E-state index in [-0.39, 0.29) is 5.91 Å². The number of nitrogens with one attached hydrogen (secondary N) is 2. The fourth-order valence-corrected chi connectivity index (χ4v) is 2.35. The van der Waals surface area contributed by atoms with Crippen LogP contribution in [-0.2, 0) is 0 Å². The summed E-state index contributed by atoms with van der Waals surface area (Å²) in [6, 6.07) is 3.54. The summed E-state index contributed by atoms with van der Waals surface area (Å²) >= 11 is 1.50. The number of carbonyl (C=O) groups excluding carboxylic acids is 1. The number of rotatable bonds is 4. The zero-order chi connectivity index (χ0) is 12.1. The summed E-state index contributed by atoms with van der Waals surface area (Å²) in [5, 5.41) is 7.03. The molecule has 5 heteroatoms. The van der Waals surface area contributed by atoms with Gasteiger partial charge in [0, 0.05) is 6.54 Å². The van der Waals surface area contributed by atoms with Crippen molar-refractivity contribution >= 4 is 17.7 Å². The third-order valence-corrected chi connectivity index (χ3v) is 3.58. The second-order valence-electron chi connectivity index (χ2n) is 4.25. The van der Waals surface area contributed by atoms with Gasteiger partial charge in [-0.2, -0.15) is 0 Å². The first-order valence-electron chi connectivity index (χ1n) is 5.92. The molecule has 2 rings (SSSR count). The maximum absolute atomic E-state index is 11.8. The highest BCUT2D eigenvalue weighted by Gasteiger charge is 2.16. The van der Waals surface area contributed by atoms with Crippen LogP contribution < -0.4 is 10.6 Å². The van der Waals surface area contributed by atoms with Gasteiger partial charge in [0.1, 0.15) is 0 Å². The number of carbonyl (C=O) groups is 1. The Morgan fingerprint density at radius 2 is 2.53 bits per heavy atom. The van der Waals surface area contributed by atoms with Gasteiger partial charge in [0.05, 0.1) is 0 Å². The predicted octanol–water partition coefficient (Wildman–Crippen LogP) is 1.73. The highest BCUT2D eigenvalue weighted by molar-refractivity contribution is 7.98. The molecule has 1 saturated heterocycles. The van der Waals surface area contributed by atoms with Crippen LogP contribution in [0.15, 0.2) is 21.6 Å². The summed E-state index contributed by atoms with van der Waals surface area (Å²) in [6.45, 7) is 2.81. The molecule has 1 unspecified atom stereocenters. The molecule has 1 amide bonds. The second kappa shape index (κ2) is 6.12. The molecule has 0 radical (unpaired) electrons. The Bertz CT molecular complexity index is 372. The smallest absolute Gasteiger partial charge is 0.287 e. The van der Waals surface area contributed by atoms with Crippen LogP contribution in [0.2, 0.25) is 0 Å². The Balaban J connectivity index is 1.80. The van der Waals surface area contributed by atoms with E-state index in [2.05, 4.69) is 10.6 Å². The predicted molar refractivity (Wildman–Crippen MR) is 68.4 cm³/mol. The lowest BCUT2D eigenvalue weighted by molar-refractivity contribution is 0.0912. The van der Waals surface area contributed by atoms with Gasteiger partial charge in [0.15, 0.2) is 10.9 Å². The van der Waals surface area contributed by atoms with Crippen LogP contribution >= 0.6 is 11.8 Å². The van der Waals surface area contributed by atoms with Crippen LogP contribution in [-0.4, -0.2) is 31.8 Å². The molecule has 0 saturated carbocycles. The largest absolute Gasteiger partial charge is 0.445 e. The molecule has 94 valence electrons. The Labute approximate surface area is 106 Å². The monoisotopic (exact) mass is 254 g/mol. The maximum atomic E-state index is 11.8. The summed E-state index contributed by atoms with van der Waals surface area (Å²) < 4.78 is 5.37. The minimum absolute atomic E-state index is 0.115. The van der Waals surface area contributed by atoms with Gasteiger partial charge in [0.2, 0.25) is 0 Å². The SMILES string of the molecule is CSc1ccc(C(=O)NCC2CCCNC2)o1. The standard InChI is InChI=1S/C12H18N2O2S/c1-17-11-5-4-10(16-11)12(15)14-8-9-3-2-6-13-7-9/h4-5,9,13H,2-3,6-8H2,1H3,(H,14,15). The van der Waals surface area contributed by atoms with E-state index in [1.165, 1.54) is 24.6 Å². The molecule has 2 N–H and O–H groups in total. The summed E-state index contributed by atoms with van der Waals surface area (Å²) in [4.78, 5) is 11.8. The van der Waals surface area contributed by atoms with Crippen molar-refractivity contribution in [3.05, 3.63) is 17.9 Å². The highest BCUT2D eigenvalue weighted by Crippen LogP contribution is 2.18. The van der Waals surface area contributed by atoms with Crippen molar-refractivity contribution in [3.63, 3.8) is 0 Å². The lowest BCUT2D eigenvalue weighted by Gasteiger charge is -2.22. The van der Waals surface area contributed by atoms with Gasteiger partial charge in [-0.05, 0) is 50.2 Å². The molecule has 1 aliphatic rings. The van der Waals surface area contributed by atoms with Gasteiger partial charge in [0.25, 0.3) is 5.91 Å². The first kappa shape index (κ1) is 12.5. The van der Waals surface area contributed by atoms with Crippen LogP contribution in [0.4, 0.5) is 0 Å². The zero-order valence-corrected chi connectivity index (χ0v) is 10.8. The Morgan fingerprint density at radius 1 is 1.65 bits per heavy atom. The fraction of sp³-hybridized carbons (Fsp3) is 0.583. The van der Waals surface area contributed by atoms with Gasteiger partial charge < -0.3 is 15.1 Å². The van der Waals surface area contributed by atoms with Gasteiger partial charge >= 0.3 is 0 Å². The van der Waals surface area contributed by atoms with Crippen LogP contribution in [0.1, 0.15) is 23.4 Å². The van der Waals surface area contributed by atoms with E-state index >= 15 is 0 Å². The number of piperidine rings is 1. The number of thioether (sulfide) groups is 1. The van der Waals surface area contributed by atoms with Crippen LogP contribution in [0.5, 0.6) is 0 Å². The first-order valence-corrected chi connectivity index (χ1v) is 7.15. The average molecular weight is 254 g/mol. The molecule has 0 aliphatic carbocycles. The molecule has 1 fully saturated rings. The first-order chi connectivity index (χ1) is 8.29. The number of amides is 1. The summed E-state index contributed by atoms with van der Waals surface area (Å²) in [6.07, 6.45) is 4.30. The van der Waals surface area contributed by atoms with Crippen molar-refractivity contribution in [2.45, 2.75) is 17.9 Å². The molecule has 0 bridgehead atoms. The molecule has 1 atom stereocenters. The van der Waals surface area contributed by atoms with Gasteiger partial charge in [-0.25, -0.2) is 0 Å². The van der Waals surface area contributed by atoms with Crippen molar-refractivity contribution < 1.29 is 9.21 Å². The van der Waals surface area contributed by atoms with Crippen molar-refractivity contribution in [1.82, 2.24) is 10.6 Å². The van der Waals surface area contributed by atoms with E-state index in [1.807, 2.05) is 12.3 Å². The molecule has 2 heterocycles. The average Bonchev–Trinajstić information content (AvgIpc) is 2.86. The third kappa shape index (κ3) is 3.51. The summed E-state index contributed by atoms with van der Waals surface area (Å²) in [5.41, 5.74) is 0. The normalized spacial score (nSPS) is 20.2. The molecule has 1 aromatic heterocycles. The highest BCUT2D eigenvalue weighted by atomic mass is 32.2. The Kier molecular flexibility index (Phi) is 4.50. The molecule has 1 aliphatic heterocycles. The van der Waals surface area contributed by atoms with Crippen LogP contribution in [0.25, 0.3) is 0 Å². The minimum atomic E-state index is -0.115. The molecule has 0 aromatic carbocycles. The fourth-order valence-electron chi connectivity index (χ4n) is 1.97. The van der Waals surface area contributed by atoms with E-state index in [9.17, 15) is 4.79 Å². The lowest BCUT2D eigenvalue weighted by Crippen LogP contribution is -2.38. The Hall–Kier alpha value is -0.940. The molecular weight excluding hydrogens is 236 g/mol. The minimum Gasteiger partial charge on any atom is -0.445 e. The maximum Gasteiger partial charge on any atom is 0.287 e. The van der Waals surface area contributed by atoms with Crippen LogP contribution in [0, 0.1) is 5.92 Å². The van der Waals surface area contributed by atoms with Gasteiger partial charge in [-0.3, -0.25) is 4.79 Å². The molecule has 0 spiro atoms. The Morgan fingerprint density at radius 3 is 3.18 bits per heavy atom. The van der Waals surface area contributed by atoms with Crippen molar-refractivity contribution in [3.8, 4) is 0 Å². The van der Waals surface area contributed by atoms with E-state index < -0.39 is 0 Å². The second-order valence-corrected chi connectivity index (χ2v) is 5.06. The van der Waals surface area contributed by atoms with E-state index in [0.29, 0.717) is 11.7 Å². The quantitative estimate of drug-likeness (QED) is 0.804. The third-order valence-electron chi connectivity index (χ3n) is 2.96. The molecule has 17 heavy (non-hydrogen) atoms. The van der Waals surface area contributed by atoms with E-state index in [4.69, 9.17) is 4.42 Å². The number of hydrogen-bond donors (Lipinski definition) is 2. The summed E-state index contributed by atoms with van der Waals surface area (Å²) in [7, 11) is 0. The summed E-state index contributed by atoms with van der Waals surface area (Å²) in [5.74, 6) is 0.830. The van der Waals surface area contributed by atoms with Gasteiger partial charge in [-0.15, -0.1) is 0 Å². The molecule has 1 aromatic rings. The molecule has 4 nitrogen and oxygen atoms in total. The van der Waals surface area contributed by atoms with Crippen molar-refractivity contribution in [2.75, 3.05) is 25.9 Å². The zero-order valence-electron chi connectivity index (χ0n) is 9.99. The lowest BCUT2D eigenvalue weighted by atomic mass is 10.00.